The molecule has 2 nitrogen and oxygen atoms in total. The lowest BCUT2D eigenvalue weighted by molar-refractivity contribution is -0.113. The Hall–Kier alpha value is -1.96. The van der Waals surface area contributed by atoms with Gasteiger partial charge in [-0.1, -0.05) is 61.9 Å². The van der Waals surface area contributed by atoms with Gasteiger partial charge < -0.3 is 4.79 Å². The van der Waals surface area contributed by atoms with E-state index in [9.17, 15) is 9.59 Å². The van der Waals surface area contributed by atoms with Gasteiger partial charge in [0.25, 0.3) is 0 Å². The van der Waals surface area contributed by atoms with Crippen LogP contribution in [0.25, 0.3) is 6.08 Å². The molecule has 0 spiro atoms. The van der Waals surface area contributed by atoms with E-state index < -0.39 is 0 Å². The van der Waals surface area contributed by atoms with E-state index in [2.05, 4.69) is 26.8 Å². The molecule has 112 valence electrons. The normalized spacial score (nSPS) is 24.7. The lowest BCUT2D eigenvalue weighted by Gasteiger charge is -2.28. The molecule has 1 unspecified atom stereocenters. The maximum Gasteiger partial charge on any atom is 0.142 e. The predicted molar refractivity (Wildman–Crippen MR) is 87.8 cm³/mol. The molecule has 0 saturated carbocycles. The van der Waals surface area contributed by atoms with Crippen molar-refractivity contribution in [3.63, 3.8) is 0 Å². The van der Waals surface area contributed by atoms with E-state index in [0.717, 1.165) is 24.6 Å². The zero-order valence-corrected chi connectivity index (χ0v) is 13.0. The van der Waals surface area contributed by atoms with Crippen molar-refractivity contribution >= 4 is 18.6 Å². The molecule has 1 aromatic carbocycles. The largest absolute Gasteiger partial charge is 0.303 e. The van der Waals surface area contributed by atoms with Crippen LogP contribution in [0.4, 0.5) is 0 Å². The molecule has 1 aliphatic carbocycles. The van der Waals surface area contributed by atoms with Crippen LogP contribution < -0.4 is 0 Å². The fraction of sp³-hybridized carbons (Fsp3) is 0.368. The smallest absolute Gasteiger partial charge is 0.142 e. The molecule has 2 rings (SSSR count). The second-order valence-electron chi connectivity index (χ2n) is 5.67. The Kier molecular flexibility index (Phi) is 7.38. The lowest BCUT2D eigenvalue weighted by atomic mass is 9.76. The van der Waals surface area contributed by atoms with Gasteiger partial charge in [0.05, 0.1) is 0 Å². The molecule has 0 saturated heterocycles. The highest BCUT2D eigenvalue weighted by atomic mass is 16.1. The summed E-state index contributed by atoms with van der Waals surface area (Å²) in [5.41, 5.74) is 2.48. The molecule has 1 aromatic rings. The second kappa shape index (κ2) is 9.06. The van der Waals surface area contributed by atoms with E-state index in [1.165, 1.54) is 11.6 Å². The first-order valence-corrected chi connectivity index (χ1v) is 7.38. The van der Waals surface area contributed by atoms with Crippen LogP contribution in [-0.2, 0) is 9.59 Å². The summed E-state index contributed by atoms with van der Waals surface area (Å²) in [5.74, 6) is 1.22. The van der Waals surface area contributed by atoms with Crippen molar-refractivity contribution in [2.45, 2.75) is 27.2 Å². The van der Waals surface area contributed by atoms with Crippen LogP contribution in [0.3, 0.4) is 0 Å². The van der Waals surface area contributed by atoms with Crippen molar-refractivity contribution < 1.29 is 9.59 Å². The van der Waals surface area contributed by atoms with Crippen molar-refractivity contribution in [2.24, 2.45) is 17.8 Å². The molecular weight excluding hydrogens is 260 g/mol. The number of allylic oxidation sites excluding steroid dienone is 3. The first-order valence-electron chi connectivity index (χ1n) is 7.38. The van der Waals surface area contributed by atoms with Crippen LogP contribution in [0.15, 0.2) is 48.1 Å². The van der Waals surface area contributed by atoms with E-state index >= 15 is 0 Å². The summed E-state index contributed by atoms with van der Waals surface area (Å²) in [6, 6.07) is 9.70. The van der Waals surface area contributed by atoms with Crippen molar-refractivity contribution in [3.8, 4) is 0 Å². The molecule has 0 radical (unpaired) electrons. The van der Waals surface area contributed by atoms with Gasteiger partial charge in [0, 0.05) is 5.92 Å². The first kappa shape index (κ1) is 17.1. The molecular formula is C19H24O2. The molecule has 0 aromatic heterocycles. The van der Waals surface area contributed by atoms with Gasteiger partial charge in [-0.2, -0.15) is 0 Å². The van der Waals surface area contributed by atoms with Gasteiger partial charge in [0.15, 0.2) is 0 Å². The fourth-order valence-electron chi connectivity index (χ4n) is 2.76. The molecule has 1 aliphatic rings. The zero-order valence-electron chi connectivity index (χ0n) is 13.0. The average Bonchev–Trinajstić information content (AvgIpc) is 2.46. The van der Waals surface area contributed by atoms with Gasteiger partial charge in [-0.25, -0.2) is 0 Å². The van der Waals surface area contributed by atoms with Crippen LogP contribution in [0, 0.1) is 17.8 Å². The number of rotatable bonds is 3. The minimum Gasteiger partial charge on any atom is -0.303 e. The Bertz CT molecular complexity index is 500. The molecule has 0 fully saturated rings. The fourth-order valence-corrected chi connectivity index (χ4v) is 2.76. The highest BCUT2D eigenvalue weighted by Gasteiger charge is 2.25. The molecule has 0 heterocycles. The Balaban J connectivity index is 0.000000211. The summed E-state index contributed by atoms with van der Waals surface area (Å²) < 4.78 is 0. The molecule has 3 atom stereocenters. The molecule has 2 heteroatoms. The number of hydrogen-bond acceptors (Lipinski definition) is 2. The van der Waals surface area contributed by atoms with E-state index in [-0.39, 0.29) is 5.92 Å². The van der Waals surface area contributed by atoms with Crippen molar-refractivity contribution in [2.75, 3.05) is 0 Å². The second-order valence-corrected chi connectivity index (χ2v) is 5.67. The quantitative estimate of drug-likeness (QED) is 0.470. The monoisotopic (exact) mass is 284 g/mol. The van der Waals surface area contributed by atoms with Gasteiger partial charge in [-0.05, 0) is 36.8 Å². The summed E-state index contributed by atoms with van der Waals surface area (Å²) in [6.45, 7) is 6.43. The number of aldehydes is 2. The van der Waals surface area contributed by atoms with Crippen LogP contribution in [0.2, 0.25) is 0 Å². The lowest BCUT2D eigenvalue weighted by Crippen LogP contribution is -2.24. The van der Waals surface area contributed by atoms with E-state index in [1.54, 1.807) is 6.08 Å². The maximum atomic E-state index is 10.7. The predicted octanol–water partition coefficient (Wildman–Crippen LogP) is 4.32. The number of carbonyl (C=O) groups is 2. The summed E-state index contributed by atoms with van der Waals surface area (Å²) >= 11 is 0. The molecule has 0 bridgehead atoms. The van der Waals surface area contributed by atoms with Crippen molar-refractivity contribution in [3.05, 3.63) is 53.6 Å². The van der Waals surface area contributed by atoms with E-state index in [4.69, 9.17) is 0 Å². The van der Waals surface area contributed by atoms with E-state index in [0.29, 0.717) is 11.8 Å². The van der Waals surface area contributed by atoms with E-state index in [1.807, 2.05) is 30.3 Å². The Morgan fingerprint density at radius 2 is 1.76 bits per heavy atom. The summed E-state index contributed by atoms with van der Waals surface area (Å²) in [7, 11) is 0. The van der Waals surface area contributed by atoms with Gasteiger partial charge in [-0.15, -0.1) is 0 Å². The SMILES string of the molecule is CC1=C[C@H](C)C(C=O)[C@H](C)C1.O=C/C=C/c1ccccc1. The number of carbonyl (C=O) groups excluding carboxylic acids is 2. The highest BCUT2D eigenvalue weighted by Crippen LogP contribution is 2.31. The molecule has 21 heavy (non-hydrogen) atoms. The van der Waals surface area contributed by atoms with Gasteiger partial charge in [-0.3, -0.25) is 4.79 Å². The zero-order chi connectivity index (χ0) is 15.7. The topological polar surface area (TPSA) is 34.1 Å². The molecule has 0 aliphatic heterocycles. The third kappa shape index (κ3) is 5.90. The third-order valence-electron chi connectivity index (χ3n) is 3.78. The minimum atomic E-state index is 0.249. The molecule has 0 amide bonds. The summed E-state index contributed by atoms with van der Waals surface area (Å²) in [5, 5.41) is 0. The third-order valence-corrected chi connectivity index (χ3v) is 3.78. The standard InChI is InChI=1S/C10H16O.C9H8O/c1-7-4-8(2)10(6-11)9(3)5-7;10-8-4-7-9-5-2-1-3-6-9/h4,6,8-10H,5H2,1-3H3;1-8H/b;7-4+/t8-,9+,10?;/m0./s1. The van der Waals surface area contributed by atoms with Crippen molar-refractivity contribution in [1.82, 2.24) is 0 Å². The summed E-state index contributed by atoms with van der Waals surface area (Å²) in [4.78, 5) is 20.5. The number of benzene rings is 1. The van der Waals surface area contributed by atoms with Crippen LogP contribution >= 0.6 is 0 Å². The maximum absolute atomic E-state index is 10.7. The average molecular weight is 284 g/mol. The van der Waals surface area contributed by atoms with Gasteiger partial charge in [0.2, 0.25) is 0 Å². The van der Waals surface area contributed by atoms with Crippen LogP contribution in [0.5, 0.6) is 0 Å². The Morgan fingerprint density at radius 3 is 2.29 bits per heavy atom. The minimum absolute atomic E-state index is 0.249. The van der Waals surface area contributed by atoms with Gasteiger partial charge in [0.1, 0.15) is 12.6 Å². The highest BCUT2D eigenvalue weighted by molar-refractivity contribution is 5.73. The van der Waals surface area contributed by atoms with Gasteiger partial charge >= 0.3 is 0 Å². The first-order chi connectivity index (χ1) is 10.1. The Labute approximate surface area is 127 Å². The number of hydrogen-bond donors (Lipinski definition) is 0. The van der Waals surface area contributed by atoms with Crippen LogP contribution in [0.1, 0.15) is 32.8 Å². The summed E-state index contributed by atoms with van der Waals surface area (Å²) in [6.07, 6.45) is 8.44. The van der Waals surface area contributed by atoms with Crippen molar-refractivity contribution in [1.29, 1.82) is 0 Å². The molecule has 0 N–H and O–H groups in total. The van der Waals surface area contributed by atoms with Crippen LogP contribution in [-0.4, -0.2) is 12.6 Å². The Morgan fingerprint density at radius 1 is 1.10 bits per heavy atom.